The van der Waals surface area contributed by atoms with Gasteiger partial charge in [-0.2, -0.15) is 0 Å². The molecule has 2 aromatic rings. The summed E-state index contributed by atoms with van der Waals surface area (Å²) in [6.07, 6.45) is 3.65. The van der Waals surface area contributed by atoms with E-state index in [0.717, 1.165) is 17.9 Å². The summed E-state index contributed by atoms with van der Waals surface area (Å²) in [5.41, 5.74) is 8.98. The molecule has 1 heterocycles. The van der Waals surface area contributed by atoms with Crippen LogP contribution in [0.25, 0.3) is 0 Å². The first-order chi connectivity index (χ1) is 8.59. The van der Waals surface area contributed by atoms with E-state index in [1.165, 1.54) is 5.56 Å². The zero-order valence-electron chi connectivity index (χ0n) is 10.9. The molecule has 0 amide bonds. The standard InChI is InChI=1S/C15H19N3/c1-15(2,12-7-9-17-10-8-12)11-18-14-6-4-3-5-13(14)16/h3-10,18H,11,16H2,1-2H3. The van der Waals surface area contributed by atoms with Crippen molar-refractivity contribution in [3.05, 3.63) is 54.4 Å². The molecule has 0 saturated heterocycles. The molecule has 0 atom stereocenters. The van der Waals surface area contributed by atoms with E-state index in [9.17, 15) is 0 Å². The van der Waals surface area contributed by atoms with Crippen LogP contribution in [0.2, 0.25) is 0 Å². The van der Waals surface area contributed by atoms with Crippen molar-refractivity contribution in [3.8, 4) is 0 Å². The van der Waals surface area contributed by atoms with Crippen LogP contribution in [0.3, 0.4) is 0 Å². The van der Waals surface area contributed by atoms with E-state index in [0.29, 0.717) is 0 Å². The lowest BCUT2D eigenvalue weighted by Gasteiger charge is -2.26. The van der Waals surface area contributed by atoms with Gasteiger partial charge in [0, 0.05) is 24.4 Å². The summed E-state index contributed by atoms with van der Waals surface area (Å²) in [5, 5.41) is 3.41. The second-order valence-electron chi connectivity index (χ2n) is 5.06. The number of rotatable bonds is 4. The Kier molecular flexibility index (Phi) is 3.51. The van der Waals surface area contributed by atoms with E-state index >= 15 is 0 Å². The molecule has 0 fully saturated rings. The Bertz CT molecular complexity index is 506. The van der Waals surface area contributed by atoms with Crippen LogP contribution in [0.5, 0.6) is 0 Å². The number of nitrogens with one attached hydrogen (secondary N) is 1. The minimum Gasteiger partial charge on any atom is -0.397 e. The van der Waals surface area contributed by atoms with Crippen LogP contribution < -0.4 is 11.1 Å². The summed E-state index contributed by atoms with van der Waals surface area (Å²) < 4.78 is 0. The third-order valence-corrected chi connectivity index (χ3v) is 3.14. The van der Waals surface area contributed by atoms with Gasteiger partial charge in [-0.25, -0.2) is 0 Å². The lowest BCUT2D eigenvalue weighted by Crippen LogP contribution is -2.27. The fourth-order valence-electron chi connectivity index (χ4n) is 1.88. The van der Waals surface area contributed by atoms with Crippen molar-refractivity contribution in [2.45, 2.75) is 19.3 Å². The quantitative estimate of drug-likeness (QED) is 0.809. The molecule has 0 bridgehead atoms. The maximum Gasteiger partial charge on any atom is 0.0574 e. The first-order valence-corrected chi connectivity index (χ1v) is 6.08. The smallest absolute Gasteiger partial charge is 0.0574 e. The van der Waals surface area contributed by atoms with Gasteiger partial charge in [-0.1, -0.05) is 26.0 Å². The Morgan fingerprint density at radius 3 is 2.44 bits per heavy atom. The van der Waals surface area contributed by atoms with Gasteiger partial charge in [-0.15, -0.1) is 0 Å². The molecule has 0 saturated carbocycles. The summed E-state index contributed by atoms with van der Waals surface area (Å²) in [6.45, 7) is 5.23. The highest BCUT2D eigenvalue weighted by Crippen LogP contribution is 2.24. The summed E-state index contributed by atoms with van der Waals surface area (Å²) in [5.74, 6) is 0. The van der Waals surface area contributed by atoms with Gasteiger partial charge >= 0.3 is 0 Å². The van der Waals surface area contributed by atoms with Crippen molar-refractivity contribution in [2.75, 3.05) is 17.6 Å². The van der Waals surface area contributed by atoms with E-state index in [4.69, 9.17) is 5.73 Å². The fraction of sp³-hybridized carbons (Fsp3) is 0.267. The second kappa shape index (κ2) is 5.08. The summed E-state index contributed by atoms with van der Waals surface area (Å²) in [4.78, 5) is 4.05. The normalized spacial score (nSPS) is 11.2. The Morgan fingerprint density at radius 1 is 1.11 bits per heavy atom. The Morgan fingerprint density at radius 2 is 1.78 bits per heavy atom. The van der Waals surface area contributed by atoms with Crippen molar-refractivity contribution in [1.29, 1.82) is 0 Å². The first kappa shape index (κ1) is 12.4. The average molecular weight is 241 g/mol. The fourth-order valence-corrected chi connectivity index (χ4v) is 1.88. The average Bonchev–Trinajstić information content (AvgIpc) is 2.39. The van der Waals surface area contributed by atoms with Crippen LogP contribution in [0, 0.1) is 0 Å². The highest BCUT2D eigenvalue weighted by Gasteiger charge is 2.20. The number of pyridine rings is 1. The second-order valence-corrected chi connectivity index (χ2v) is 5.06. The molecule has 0 aliphatic carbocycles. The number of nitrogens with zero attached hydrogens (tertiary/aromatic N) is 1. The van der Waals surface area contributed by atoms with Gasteiger partial charge in [0.25, 0.3) is 0 Å². The molecule has 3 nitrogen and oxygen atoms in total. The van der Waals surface area contributed by atoms with Gasteiger partial charge in [0.1, 0.15) is 0 Å². The molecule has 0 aliphatic heterocycles. The van der Waals surface area contributed by atoms with E-state index in [1.54, 1.807) is 0 Å². The third kappa shape index (κ3) is 2.80. The molecular weight excluding hydrogens is 222 g/mol. The number of aromatic nitrogens is 1. The number of hydrogen-bond acceptors (Lipinski definition) is 3. The highest BCUT2D eigenvalue weighted by atomic mass is 14.9. The topological polar surface area (TPSA) is 50.9 Å². The molecule has 0 aliphatic rings. The summed E-state index contributed by atoms with van der Waals surface area (Å²) in [7, 11) is 0. The van der Waals surface area contributed by atoms with E-state index in [1.807, 2.05) is 36.7 Å². The molecule has 0 radical (unpaired) electrons. The van der Waals surface area contributed by atoms with Crippen LogP contribution in [-0.4, -0.2) is 11.5 Å². The number of nitrogen functional groups attached to an aromatic ring is 1. The number of hydrogen-bond donors (Lipinski definition) is 2. The van der Waals surface area contributed by atoms with Crippen LogP contribution >= 0.6 is 0 Å². The minimum atomic E-state index is 0.0330. The summed E-state index contributed by atoms with van der Waals surface area (Å²) in [6, 6.07) is 11.9. The minimum absolute atomic E-state index is 0.0330. The molecule has 1 aromatic heterocycles. The van der Waals surface area contributed by atoms with Crippen LogP contribution in [0.15, 0.2) is 48.8 Å². The predicted octanol–water partition coefficient (Wildman–Crippen LogP) is 3.05. The van der Waals surface area contributed by atoms with Gasteiger partial charge < -0.3 is 11.1 Å². The lowest BCUT2D eigenvalue weighted by atomic mass is 9.85. The van der Waals surface area contributed by atoms with Gasteiger partial charge in [0.15, 0.2) is 0 Å². The summed E-state index contributed by atoms with van der Waals surface area (Å²) >= 11 is 0. The maximum atomic E-state index is 5.92. The maximum absolute atomic E-state index is 5.92. The molecular formula is C15H19N3. The highest BCUT2D eigenvalue weighted by molar-refractivity contribution is 5.65. The number of anilines is 2. The largest absolute Gasteiger partial charge is 0.397 e. The van der Waals surface area contributed by atoms with E-state index < -0.39 is 0 Å². The Hall–Kier alpha value is -2.03. The van der Waals surface area contributed by atoms with Crippen LogP contribution in [-0.2, 0) is 5.41 Å². The SMILES string of the molecule is CC(C)(CNc1ccccc1N)c1ccncc1. The molecule has 2 rings (SSSR count). The van der Waals surface area contributed by atoms with Crippen molar-refractivity contribution in [2.24, 2.45) is 0 Å². The monoisotopic (exact) mass is 241 g/mol. The van der Waals surface area contributed by atoms with Crippen molar-refractivity contribution in [1.82, 2.24) is 4.98 Å². The predicted molar refractivity (Wildman–Crippen MR) is 76.6 cm³/mol. The van der Waals surface area contributed by atoms with Crippen LogP contribution in [0.4, 0.5) is 11.4 Å². The van der Waals surface area contributed by atoms with Gasteiger partial charge in [-0.3, -0.25) is 4.98 Å². The number of para-hydroxylation sites is 2. The van der Waals surface area contributed by atoms with Crippen molar-refractivity contribution >= 4 is 11.4 Å². The molecule has 18 heavy (non-hydrogen) atoms. The molecule has 94 valence electrons. The van der Waals surface area contributed by atoms with Gasteiger partial charge in [0.05, 0.1) is 11.4 Å². The molecule has 3 heteroatoms. The number of nitrogens with two attached hydrogens (primary N) is 1. The third-order valence-electron chi connectivity index (χ3n) is 3.14. The number of benzene rings is 1. The Balaban J connectivity index is 2.08. The van der Waals surface area contributed by atoms with Gasteiger partial charge in [-0.05, 0) is 29.8 Å². The van der Waals surface area contributed by atoms with E-state index in [-0.39, 0.29) is 5.41 Å². The molecule has 1 aromatic carbocycles. The van der Waals surface area contributed by atoms with Crippen LogP contribution in [0.1, 0.15) is 19.4 Å². The van der Waals surface area contributed by atoms with Crippen molar-refractivity contribution in [3.63, 3.8) is 0 Å². The Labute approximate surface area is 108 Å². The lowest BCUT2D eigenvalue weighted by molar-refractivity contribution is 0.556. The van der Waals surface area contributed by atoms with E-state index in [2.05, 4.69) is 36.3 Å². The zero-order valence-corrected chi connectivity index (χ0v) is 10.9. The first-order valence-electron chi connectivity index (χ1n) is 6.08. The van der Waals surface area contributed by atoms with Crippen molar-refractivity contribution < 1.29 is 0 Å². The molecule has 3 N–H and O–H groups in total. The molecule has 0 unspecified atom stereocenters. The zero-order chi connectivity index (χ0) is 13.0. The van der Waals surface area contributed by atoms with Gasteiger partial charge in [0.2, 0.25) is 0 Å². The molecule has 0 spiro atoms.